The van der Waals surface area contributed by atoms with Gasteiger partial charge in [-0.15, -0.1) is 0 Å². The Hall–Kier alpha value is 0.230. The van der Waals surface area contributed by atoms with E-state index in [4.69, 9.17) is 20.5 Å². The molecule has 0 aliphatic rings. The molecule has 58 valence electrons. The lowest BCUT2D eigenvalue weighted by atomic mass is 10.9. The molecule has 0 saturated heterocycles. The van der Waals surface area contributed by atoms with Crippen molar-refractivity contribution in [2.24, 2.45) is 5.84 Å². The SMILES string of the molecule is C[N+](C)(C)N.OP(O)O. The van der Waals surface area contributed by atoms with Crippen LogP contribution in [0.2, 0.25) is 0 Å². The van der Waals surface area contributed by atoms with Crippen molar-refractivity contribution in [2.45, 2.75) is 0 Å². The minimum absolute atomic E-state index is 0.500. The highest BCUT2D eigenvalue weighted by Gasteiger charge is 1.89. The number of hydrogen-bond acceptors (Lipinski definition) is 4. The summed E-state index contributed by atoms with van der Waals surface area (Å²) in [5.74, 6) is 5.29. The van der Waals surface area contributed by atoms with E-state index in [9.17, 15) is 0 Å². The van der Waals surface area contributed by atoms with Crippen molar-refractivity contribution in [1.82, 2.24) is 0 Å². The molecule has 0 spiro atoms. The van der Waals surface area contributed by atoms with E-state index in [1.54, 1.807) is 0 Å². The molecule has 0 unspecified atom stereocenters. The zero-order chi connectivity index (χ0) is 8.08. The van der Waals surface area contributed by atoms with E-state index in [0.717, 1.165) is 0 Å². The van der Waals surface area contributed by atoms with E-state index in [-0.39, 0.29) is 0 Å². The smallest absolute Gasteiger partial charge is 0.324 e. The van der Waals surface area contributed by atoms with Gasteiger partial charge in [0.1, 0.15) is 0 Å². The van der Waals surface area contributed by atoms with E-state index in [0.29, 0.717) is 4.59 Å². The van der Waals surface area contributed by atoms with Gasteiger partial charge in [-0.2, -0.15) is 5.84 Å². The maximum Gasteiger partial charge on any atom is 0.324 e. The third-order valence-corrected chi connectivity index (χ3v) is 0. The van der Waals surface area contributed by atoms with Crippen molar-refractivity contribution >= 4 is 8.60 Å². The predicted octanol–water partition coefficient (Wildman–Crippen LogP) is -1.24. The highest BCUT2D eigenvalue weighted by molar-refractivity contribution is 7.38. The Morgan fingerprint density at radius 2 is 1.11 bits per heavy atom. The molecule has 0 aliphatic heterocycles. The van der Waals surface area contributed by atoms with Crippen LogP contribution in [0.4, 0.5) is 0 Å². The van der Waals surface area contributed by atoms with Gasteiger partial charge in [-0.1, -0.05) is 0 Å². The Balaban J connectivity index is 0. The van der Waals surface area contributed by atoms with Gasteiger partial charge in [0, 0.05) is 0 Å². The molecule has 0 rings (SSSR count). The normalized spacial score (nSPS) is 10.7. The van der Waals surface area contributed by atoms with Crippen molar-refractivity contribution in [3.63, 3.8) is 0 Å². The number of rotatable bonds is 0. The van der Waals surface area contributed by atoms with Crippen molar-refractivity contribution in [3.05, 3.63) is 0 Å². The molecule has 0 aromatic carbocycles. The minimum atomic E-state index is -2.62. The van der Waals surface area contributed by atoms with Crippen molar-refractivity contribution in [3.8, 4) is 0 Å². The average molecular weight is 157 g/mol. The summed E-state index contributed by atoms with van der Waals surface area (Å²) in [6.07, 6.45) is 0. The fraction of sp³-hybridized carbons (Fsp3) is 1.00. The molecule has 5 nitrogen and oxygen atoms in total. The van der Waals surface area contributed by atoms with Crippen LogP contribution in [0.5, 0.6) is 0 Å². The molecule has 0 aromatic heterocycles. The lowest BCUT2D eigenvalue weighted by molar-refractivity contribution is -0.882. The molecule has 0 atom stereocenters. The quantitative estimate of drug-likeness (QED) is 0.153. The predicted molar refractivity (Wildman–Crippen MR) is 35.8 cm³/mol. The molecule has 0 aromatic rings. The van der Waals surface area contributed by atoms with Crippen LogP contribution in [-0.4, -0.2) is 40.4 Å². The molecule has 0 saturated carbocycles. The molecular weight excluding hydrogens is 143 g/mol. The average Bonchev–Trinajstić information content (AvgIpc) is 1.19. The first-order valence-electron chi connectivity index (χ1n) is 2.20. The summed E-state index contributed by atoms with van der Waals surface area (Å²) in [6, 6.07) is 0. The monoisotopic (exact) mass is 157 g/mol. The first-order chi connectivity index (χ1) is 3.73. The molecule has 0 amide bonds. The Kier molecular flexibility index (Phi) is 6.71. The van der Waals surface area contributed by atoms with Crippen LogP contribution in [0.1, 0.15) is 0 Å². The maximum absolute atomic E-state index is 7.23. The van der Waals surface area contributed by atoms with Crippen molar-refractivity contribution < 1.29 is 19.3 Å². The van der Waals surface area contributed by atoms with E-state index >= 15 is 0 Å². The van der Waals surface area contributed by atoms with Crippen LogP contribution >= 0.6 is 8.60 Å². The largest absolute Gasteiger partial charge is 0.328 e. The van der Waals surface area contributed by atoms with E-state index < -0.39 is 8.60 Å². The summed E-state index contributed by atoms with van der Waals surface area (Å²) in [4.78, 5) is 21.7. The second kappa shape index (κ2) is 5.05. The highest BCUT2D eigenvalue weighted by atomic mass is 31.2. The summed E-state index contributed by atoms with van der Waals surface area (Å²) in [6.45, 7) is 0. The molecule has 0 radical (unpaired) electrons. The second-order valence-corrected chi connectivity index (χ2v) is 2.92. The van der Waals surface area contributed by atoms with Gasteiger partial charge in [-0.05, 0) is 0 Å². The molecule has 0 bridgehead atoms. The number of hydrogen-bond donors (Lipinski definition) is 4. The molecule has 5 N–H and O–H groups in total. The zero-order valence-corrected chi connectivity index (χ0v) is 6.71. The second-order valence-electron chi connectivity index (χ2n) is 2.38. The van der Waals surface area contributed by atoms with Crippen LogP contribution in [0, 0.1) is 0 Å². The molecule has 0 fully saturated rings. The molecule has 9 heavy (non-hydrogen) atoms. The summed E-state index contributed by atoms with van der Waals surface area (Å²) in [5, 5.41) is 0. The minimum Gasteiger partial charge on any atom is -0.328 e. The number of nitrogens with zero attached hydrogens (tertiary/aromatic N) is 1. The molecular formula is C3H14N2O3P+. The first kappa shape index (κ1) is 12.0. The van der Waals surface area contributed by atoms with Gasteiger partial charge in [-0.3, -0.25) is 4.59 Å². The molecule has 0 heterocycles. The fourth-order valence-corrected chi connectivity index (χ4v) is 0. The van der Waals surface area contributed by atoms with Crippen molar-refractivity contribution in [2.75, 3.05) is 21.1 Å². The zero-order valence-electron chi connectivity index (χ0n) is 5.81. The van der Waals surface area contributed by atoms with Crippen LogP contribution in [0.3, 0.4) is 0 Å². The first-order valence-corrected chi connectivity index (χ1v) is 3.40. The summed E-state index contributed by atoms with van der Waals surface area (Å²) in [5.41, 5.74) is 0. The van der Waals surface area contributed by atoms with Gasteiger partial charge in [0.25, 0.3) is 0 Å². The van der Waals surface area contributed by atoms with Gasteiger partial charge in [0.15, 0.2) is 0 Å². The third kappa shape index (κ3) is 6040. The van der Waals surface area contributed by atoms with E-state index in [1.807, 2.05) is 21.1 Å². The third-order valence-electron chi connectivity index (χ3n) is 0. The Morgan fingerprint density at radius 3 is 1.11 bits per heavy atom. The standard InChI is InChI=1S/C3H11N2.H3O3P/c1-5(2,3)4;1-4(2)3/h4H2,1-3H3;1-3H/q+1;. The highest BCUT2D eigenvalue weighted by Crippen LogP contribution is 2.11. The van der Waals surface area contributed by atoms with E-state index in [1.165, 1.54) is 0 Å². The van der Waals surface area contributed by atoms with Crippen LogP contribution in [0.15, 0.2) is 0 Å². The molecule has 0 aliphatic carbocycles. The van der Waals surface area contributed by atoms with Crippen LogP contribution in [-0.2, 0) is 0 Å². The topological polar surface area (TPSA) is 86.7 Å². The fourth-order valence-electron chi connectivity index (χ4n) is 0. The summed E-state index contributed by atoms with van der Waals surface area (Å²) >= 11 is 0. The summed E-state index contributed by atoms with van der Waals surface area (Å²) < 4.78 is 0.500. The Bertz CT molecular complexity index is 53.8. The Morgan fingerprint density at radius 1 is 1.11 bits per heavy atom. The van der Waals surface area contributed by atoms with Crippen LogP contribution < -0.4 is 5.84 Å². The van der Waals surface area contributed by atoms with Gasteiger partial charge in [0.05, 0.1) is 21.1 Å². The molecule has 6 heteroatoms. The number of nitrogens with two attached hydrogens (primary N) is 1. The van der Waals surface area contributed by atoms with Gasteiger partial charge in [-0.25, -0.2) is 0 Å². The van der Waals surface area contributed by atoms with Gasteiger partial charge < -0.3 is 14.7 Å². The lowest BCUT2D eigenvalue weighted by Gasteiger charge is -2.12. The van der Waals surface area contributed by atoms with Crippen LogP contribution in [0.25, 0.3) is 0 Å². The number of quaternary nitrogens is 1. The van der Waals surface area contributed by atoms with E-state index in [2.05, 4.69) is 0 Å². The maximum atomic E-state index is 7.23. The van der Waals surface area contributed by atoms with Gasteiger partial charge >= 0.3 is 8.60 Å². The Labute approximate surface area is 55.9 Å². The summed E-state index contributed by atoms with van der Waals surface area (Å²) in [7, 11) is 3.09. The van der Waals surface area contributed by atoms with Crippen molar-refractivity contribution in [1.29, 1.82) is 0 Å². The van der Waals surface area contributed by atoms with Gasteiger partial charge in [0.2, 0.25) is 0 Å². The lowest BCUT2D eigenvalue weighted by Crippen LogP contribution is -2.41.